The van der Waals surface area contributed by atoms with Gasteiger partial charge in [0.1, 0.15) is 5.52 Å². The van der Waals surface area contributed by atoms with Crippen LogP contribution in [0.4, 0.5) is 11.4 Å². The Bertz CT molecular complexity index is 856. The minimum absolute atomic E-state index is 0.0522. The molecule has 4 rings (SSSR count). The van der Waals surface area contributed by atoms with Gasteiger partial charge in [0.25, 0.3) is 0 Å². The van der Waals surface area contributed by atoms with E-state index in [-0.39, 0.29) is 5.91 Å². The number of carbonyl (C=O) groups is 1. The molecule has 0 radical (unpaired) electrons. The van der Waals surface area contributed by atoms with Crippen molar-refractivity contribution in [1.29, 1.82) is 0 Å². The second-order valence-corrected chi connectivity index (χ2v) is 6.08. The van der Waals surface area contributed by atoms with Crippen LogP contribution in [0.1, 0.15) is 0 Å². The van der Waals surface area contributed by atoms with Crippen molar-refractivity contribution in [3.05, 3.63) is 48.5 Å². The zero-order chi connectivity index (χ0) is 17.1. The summed E-state index contributed by atoms with van der Waals surface area (Å²) in [6, 6.07) is 15.8. The Kier molecular flexibility index (Phi) is 4.30. The lowest BCUT2D eigenvalue weighted by Gasteiger charge is -2.35. The first-order valence-corrected chi connectivity index (χ1v) is 8.33. The molecule has 0 bridgehead atoms. The molecule has 1 aliphatic heterocycles. The number of nitrogens with one attached hydrogen (secondary N) is 1. The van der Waals surface area contributed by atoms with Crippen molar-refractivity contribution in [1.82, 2.24) is 15.2 Å². The van der Waals surface area contributed by atoms with Crippen LogP contribution in [-0.4, -0.2) is 53.8 Å². The lowest BCUT2D eigenvalue weighted by molar-refractivity contribution is -0.117. The Hall–Kier alpha value is -2.93. The Morgan fingerprint density at radius 2 is 1.80 bits per heavy atom. The summed E-state index contributed by atoms with van der Waals surface area (Å²) < 4.78 is 4.72. The molecule has 0 spiro atoms. The molecule has 0 saturated carbocycles. The average molecular weight is 337 g/mol. The highest BCUT2D eigenvalue weighted by Crippen LogP contribution is 2.20. The number of benzene rings is 2. The van der Waals surface area contributed by atoms with Gasteiger partial charge in [-0.2, -0.15) is 0 Å². The summed E-state index contributed by atoms with van der Waals surface area (Å²) in [4.78, 5) is 16.9. The molecule has 1 amide bonds. The minimum Gasteiger partial charge on any atom is -0.369 e. The third kappa shape index (κ3) is 3.46. The fraction of sp³-hybridized carbons (Fsp3) is 0.278. The zero-order valence-electron chi connectivity index (χ0n) is 13.8. The second kappa shape index (κ2) is 6.90. The van der Waals surface area contributed by atoms with Gasteiger partial charge in [-0.3, -0.25) is 9.69 Å². The van der Waals surface area contributed by atoms with Crippen molar-refractivity contribution < 1.29 is 9.42 Å². The summed E-state index contributed by atoms with van der Waals surface area (Å²) in [6.07, 6.45) is 0. The fourth-order valence-corrected chi connectivity index (χ4v) is 3.10. The number of piperazine rings is 1. The Labute approximate surface area is 145 Å². The lowest BCUT2D eigenvalue weighted by Crippen LogP contribution is -2.48. The molecule has 25 heavy (non-hydrogen) atoms. The summed E-state index contributed by atoms with van der Waals surface area (Å²) >= 11 is 0. The molecule has 1 N–H and O–H groups in total. The van der Waals surface area contributed by atoms with Gasteiger partial charge in [-0.05, 0) is 34.6 Å². The number of hydrogen-bond donors (Lipinski definition) is 1. The van der Waals surface area contributed by atoms with Gasteiger partial charge in [0, 0.05) is 31.9 Å². The van der Waals surface area contributed by atoms with E-state index in [1.54, 1.807) is 12.1 Å². The number of para-hydroxylation sites is 1. The maximum absolute atomic E-state index is 12.4. The summed E-state index contributed by atoms with van der Waals surface area (Å²) in [5.74, 6) is -0.0522. The number of hydrogen-bond acceptors (Lipinski definition) is 6. The highest BCUT2D eigenvalue weighted by Gasteiger charge is 2.19. The molecular weight excluding hydrogens is 318 g/mol. The maximum Gasteiger partial charge on any atom is 0.238 e. The van der Waals surface area contributed by atoms with E-state index in [0.29, 0.717) is 23.3 Å². The number of rotatable bonds is 4. The van der Waals surface area contributed by atoms with Crippen LogP contribution in [0.25, 0.3) is 11.0 Å². The Balaban J connectivity index is 1.33. The van der Waals surface area contributed by atoms with Crippen LogP contribution in [0.15, 0.2) is 53.2 Å². The SMILES string of the molecule is O=C(CN1CCN(c2ccccc2)CC1)Nc1cccc2nonc12. The highest BCUT2D eigenvalue weighted by molar-refractivity contribution is 5.99. The molecule has 2 aromatic carbocycles. The van der Waals surface area contributed by atoms with Gasteiger partial charge < -0.3 is 10.2 Å². The molecule has 7 heteroatoms. The molecule has 3 aromatic rings. The van der Waals surface area contributed by atoms with Crippen molar-refractivity contribution in [2.75, 3.05) is 42.9 Å². The minimum atomic E-state index is -0.0522. The number of nitrogens with zero attached hydrogens (tertiary/aromatic N) is 4. The fourth-order valence-electron chi connectivity index (χ4n) is 3.10. The maximum atomic E-state index is 12.4. The zero-order valence-corrected chi connectivity index (χ0v) is 13.8. The van der Waals surface area contributed by atoms with Crippen LogP contribution in [0.3, 0.4) is 0 Å². The molecule has 1 fully saturated rings. The first-order chi connectivity index (χ1) is 12.3. The molecule has 1 aliphatic rings. The van der Waals surface area contributed by atoms with Gasteiger partial charge in [-0.1, -0.05) is 24.3 Å². The molecule has 7 nitrogen and oxygen atoms in total. The van der Waals surface area contributed by atoms with Crippen LogP contribution in [0, 0.1) is 0 Å². The number of fused-ring (bicyclic) bond motifs is 1. The molecule has 1 saturated heterocycles. The van der Waals surface area contributed by atoms with Crippen molar-refractivity contribution >= 4 is 28.3 Å². The van der Waals surface area contributed by atoms with Crippen molar-refractivity contribution in [2.45, 2.75) is 0 Å². The van der Waals surface area contributed by atoms with E-state index in [9.17, 15) is 4.79 Å². The standard InChI is InChI=1S/C18H19N5O2/c24-17(19-15-7-4-8-16-18(15)21-25-20-16)13-22-9-11-23(12-10-22)14-5-2-1-3-6-14/h1-8H,9-13H2,(H,19,24). The van der Waals surface area contributed by atoms with Crippen LogP contribution < -0.4 is 10.2 Å². The van der Waals surface area contributed by atoms with Crippen LogP contribution in [-0.2, 0) is 4.79 Å². The van der Waals surface area contributed by atoms with Gasteiger partial charge in [0.15, 0.2) is 5.52 Å². The van der Waals surface area contributed by atoms with E-state index in [0.717, 1.165) is 26.2 Å². The molecule has 1 aromatic heterocycles. The van der Waals surface area contributed by atoms with E-state index in [4.69, 9.17) is 4.63 Å². The van der Waals surface area contributed by atoms with Crippen molar-refractivity contribution in [3.63, 3.8) is 0 Å². The summed E-state index contributed by atoms with van der Waals surface area (Å²) in [5, 5.41) is 10.5. The largest absolute Gasteiger partial charge is 0.369 e. The van der Waals surface area contributed by atoms with Gasteiger partial charge in [0.05, 0.1) is 12.2 Å². The summed E-state index contributed by atoms with van der Waals surface area (Å²) in [5.41, 5.74) is 3.07. The van der Waals surface area contributed by atoms with E-state index < -0.39 is 0 Å². The third-order valence-electron chi connectivity index (χ3n) is 4.42. The summed E-state index contributed by atoms with van der Waals surface area (Å²) in [7, 11) is 0. The molecular formula is C18H19N5O2. The Morgan fingerprint density at radius 1 is 1.00 bits per heavy atom. The average Bonchev–Trinajstić information content (AvgIpc) is 3.13. The van der Waals surface area contributed by atoms with Crippen LogP contribution >= 0.6 is 0 Å². The smallest absolute Gasteiger partial charge is 0.238 e. The molecule has 0 atom stereocenters. The van der Waals surface area contributed by atoms with E-state index in [1.165, 1.54) is 5.69 Å². The van der Waals surface area contributed by atoms with E-state index in [2.05, 4.69) is 49.7 Å². The van der Waals surface area contributed by atoms with Gasteiger partial charge >= 0.3 is 0 Å². The molecule has 0 aliphatic carbocycles. The predicted molar refractivity (Wildman–Crippen MR) is 95.5 cm³/mol. The van der Waals surface area contributed by atoms with Crippen LogP contribution in [0.5, 0.6) is 0 Å². The highest BCUT2D eigenvalue weighted by atomic mass is 16.6. The van der Waals surface area contributed by atoms with Crippen molar-refractivity contribution in [2.24, 2.45) is 0 Å². The van der Waals surface area contributed by atoms with Gasteiger partial charge in [-0.15, -0.1) is 0 Å². The monoisotopic (exact) mass is 337 g/mol. The first kappa shape index (κ1) is 15.6. The third-order valence-corrected chi connectivity index (χ3v) is 4.42. The topological polar surface area (TPSA) is 74.5 Å². The molecule has 128 valence electrons. The quantitative estimate of drug-likeness (QED) is 0.785. The van der Waals surface area contributed by atoms with E-state index >= 15 is 0 Å². The predicted octanol–water partition coefficient (Wildman–Crippen LogP) is 1.98. The number of carbonyl (C=O) groups excluding carboxylic acids is 1. The number of aromatic nitrogens is 2. The normalized spacial score (nSPS) is 15.4. The number of anilines is 2. The van der Waals surface area contributed by atoms with Gasteiger partial charge in [0.2, 0.25) is 5.91 Å². The van der Waals surface area contributed by atoms with Gasteiger partial charge in [-0.25, -0.2) is 4.63 Å². The summed E-state index contributed by atoms with van der Waals surface area (Å²) in [6.45, 7) is 3.92. The number of amides is 1. The van der Waals surface area contributed by atoms with Crippen molar-refractivity contribution in [3.8, 4) is 0 Å². The lowest BCUT2D eigenvalue weighted by atomic mass is 10.2. The molecule has 0 unspecified atom stereocenters. The second-order valence-electron chi connectivity index (χ2n) is 6.08. The van der Waals surface area contributed by atoms with Crippen LogP contribution in [0.2, 0.25) is 0 Å². The first-order valence-electron chi connectivity index (χ1n) is 8.33. The van der Waals surface area contributed by atoms with E-state index in [1.807, 2.05) is 12.1 Å². The Morgan fingerprint density at radius 3 is 2.60 bits per heavy atom. The molecule has 2 heterocycles.